The fourth-order valence-electron chi connectivity index (χ4n) is 3.14. The molecule has 10 heteroatoms. The lowest BCUT2D eigenvalue weighted by Crippen LogP contribution is -2.52. The third kappa shape index (κ3) is 3.77. The first kappa shape index (κ1) is 18.2. The summed E-state index contributed by atoms with van der Waals surface area (Å²) in [6.45, 7) is 3.01. The van der Waals surface area contributed by atoms with E-state index in [4.69, 9.17) is 10.5 Å². The summed E-state index contributed by atoms with van der Waals surface area (Å²) in [5.74, 6) is 1.78. The minimum Gasteiger partial charge on any atom is -0.497 e. The number of fused-ring (bicyclic) bond motifs is 1. The van der Waals surface area contributed by atoms with E-state index >= 15 is 0 Å². The molecule has 0 saturated carbocycles. The maximum absolute atomic E-state index is 12.5. The molecule has 2 aromatic heterocycles. The second kappa shape index (κ2) is 7.85. The Morgan fingerprint density at radius 1 is 1.21 bits per heavy atom. The molecule has 1 aliphatic heterocycles. The van der Waals surface area contributed by atoms with Crippen molar-refractivity contribution in [3.63, 3.8) is 0 Å². The largest absolute Gasteiger partial charge is 0.497 e. The zero-order valence-corrected chi connectivity index (χ0v) is 16.3. The van der Waals surface area contributed by atoms with Gasteiger partial charge in [-0.05, 0) is 17.7 Å². The van der Waals surface area contributed by atoms with Crippen molar-refractivity contribution in [2.24, 2.45) is 0 Å². The van der Waals surface area contributed by atoms with Crippen molar-refractivity contribution in [3.05, 3.63) is 35.3 Å². The third-order valence-electron chi connectivity index (χ3n) is 4.67. The van der Waals surface area contributed by atoms with Crippen LogP contribution in [0.1, 0.15) is 5.56 Å². The van der Waals surface area contributed by atoms with Gasteiger partial charge >= 0.3 is 6.03 Å². The summed E-state index contributed by atoms with van der Waals surface area (Å²) in [6, 6.07) is 7.57. The summed E-state index contributed by atoms with van der Waals surface area (Å²) in [5.41, 5.74) is 9.35. The highest BCUT2D eigenvalue weighted by molar-refractivity contribution is 7.16. The Kier molecular flexibility index (Phi) is 5.11. The van der Waals surface area contributed by atoms with Crippen LogP contribution in [-0.4, -0.2) is 59.2 Å². The highest BCUT2D eigenvalue weighted by Gasteiger charge is 2.24. The summed E-state index contributed by atoms with van der Waals surface area (Å²) in [7, 11) is 1.63. The van der Waals surface area contributed by atoms with Gasteiger partial charge in [-0.25, -0.2) is 14.8 Å². The van der Waals surface area contributed by atoms with Crippen molar-refractivity contribution >= 4 is 39.5 Å². The van der Waals surface area contributed by atoms with E-state index in [1.165, 1.54) is 11.3 Å². The lowest BCUT2D eigenvalue weighted by Gasteiger charge is -2.35. The quantitative estimate of drug-likeness (QED) is 0.687. The van der Waals surface area contributed by atoms with Gasteiger partial charge in [0.2, 0.25) is 5.95 Å². The molecule has 3 N–H and O–H groups in total. The normalized spacial score (nSPS) is 14.3. The molecule has 1 aromatic carbocycles. The predicted octanol–water partition coefficient (Wildman–Crippen LogP) is 1.71. The summed E-state index contributed by atoms with van der Waals surface area (Å²) in [4.78, 5) is 30.1. The van der Waals surface area contributed by atoms with Crippen molar-refractivity contribution in [3.8, 4) is 5.75 Å². The number of nitrogens with zero attached hydrogens (tertiary/aromatic N) is 5. The van der Waals surface area contributed by atoms with E-state index in [0.717, 1.165) is 27.5 Å². The van der Waals surface area contributed by atoms with Crippen molar-refractivity contribution in [2.75, 3.05) is 43.9 Å². The molecule has 0 atom stereocenters. The van der Waals surface area contributed by atoms with Crippen LogP contribution in [0.4, 0.5) is 16.6 Å². The van der Waals surface area contributed by atoms with Gasteiger partial charge in [0.05, 0.1) is 12.6 Å². The number of urea groups is 1. The molecule has 1 saturated heterocycles. The molecule has 0 spiro atoms. The Balaban J connectivity index is 1.34. The zero-order valence-electron chi connectivity index (χ0n) is 15.5. The number of amides is 2. The molecule has 4 rings (SSSR count). The van der Waals surface area contributed by atoms with Gasteiger partial charge in [-0.1, -0.05) is 12.1 Å². The number of anilines is 2. The number of rotatable bonds is 4. The van der Waals surface area contributed by atoms with Crippen molar-refractivity contribution < 1.29 is 9.53 Å². The van der Waals surface area contributed by atoms with Crippen LogP contribution in [0.15, 0.2) is 29.8 Å². The van der Waals surface area contributed by atoms with E-state index in [1.807, 2.05) is 29.2 Å². The topological polar surface area (TPSA) is 110 Å². The van der Waals surface area contributed by atoms with Crippen LogP contribution in [0.25, 0.3) is 10.3 Å². The Morgan fingerprint density at radius 2 is 1.96 bits per heavy atom. The monoisotopic (exact) mass is 399 g/mol. The zero-order chi connectivity index (χ0) is 19.5. The number of piperazine rings is 1. The minimum atomic E-state index is -0.0727. The molecule has 0 aliphatic carbocycles. The highest BCUT2D eigenvalue weighted by Crippen LogP contribution is 2.26. The molecule has 3 aromatic rings. The number of methoxy groups -OCH3 is 1. The molecular formula is C18H21N7O2S. The molecule has 0 radical (unpaired) electrons. The van der Waals surface area contributed by atoms with Crippen LogP contribution in [0.3, 0.4) is 0 Å². The van der Waals surface area contributed by atoms with Gasteiger partial charge in [-0.3, -0.25) is 0 Å². The average molecular weight is 399 g/mol. The fourth-order valence-corrected chi connectivity index (χ4v) is 3.80. The van der Waals surface area contributed by atoms with Crippen molar-refractivity contribution in [2.45, 2.75) is 6.54 Å². The van der Waals surface area contributed by atoms with Crippen LogP contribution >= 0.6 is 11.3 Å². The first-order valence-electron chi connectivity index (χ1n) is 8.91. The molecule has 28 heavy (non-hydrogen) atoms. The standard InChI is InChI=1S/C18H21N7O2S/c1-27-13-4-2-12(3-5-13)10-20-18(26)25-8-6-24(7-9-25)15-14-16(28-11-21-14)23-17(19)22-15/h2-5,11H,6-10H2,1H3,(H,20,26)(H2,19,22,23). The Morgan fingerprint density at radius 3 is 2.68 bits per heavy atom. The molecule has 1 fully saturated rings. The van der Waals surface area contributed by atoms with Gasteiger partial charge in [0.25, 0.3) is 0 Å². The smallest absolute Gasteiger partial charge is 0.317 e. The number of carbonyl (C=O) groups is 1. The number of ether oxygens (including phenoxy) is 1. The number of thiazole rings is 1. The maximum atomic E-state index is 12.5. The van der Waals surface area contributed by atoms with Gasteiger partial charge < -0.3 is 25.6 Å². The van der Waals surface area contributed by atoms with Gasteiger partial charge in [-0.2, -0.15) is 4.98 Å². The first-order valence-corrected chi connectivity index (χ1v) is 9.79. The summed E-state index contributed by atoms with van der Waals surface area (Å²) in [6.07, 6.45) is 0. The van der Waals surface area contributed by atoms with E-state index < -0.39 is 0 Å². The first-order chi connectivity index (χ1) is 13.6. The van der Waals surface area contributed by atoms with Gasteiger partial charge in [0.1, 0.15) is 11.3 Å². The number of hydrogen-bond donors (Lipinski definition) is 2. The number of nitrogen functional groups attached to an aromatic ring is 1. The van der Waals surface area contributed by atoms with Crippen LogP contribution in [0.5, 0.6) is 5.75 Å². The average Bonchev–Trinajstić information content (AvgIpc) is 3.20. The summed E-state index contributed by atoms with van der Waals surface area (Å²) < 4.78 is 5.14. The van der Waals surface area contributed by atoms with Crippen molar-refractivity contribution in [1.82, 2.24) is 25.2 Å². The summed E-state index contributed by atoms with van der Waals surface area (Å²) >= 11 is 1.44. The third-order valence-corrected chi connectivity index (χ3v) is 5.38. The van der Waals surface area contributed by atoms with E-state index in [9.17, 15) is 4.79 Å². The molecule has 0 bridgehead atoms. The fraction of sp³-hybridized carbons (Fsp3) is 0.333. The predicted molar refractivity (Wildman–Crippen MR) is 109 cm³/mol. The van der Waals surface area contributed by atoms with Crippen LogP contribution in [0.2, 0.25) is 0 Å². The van der Waals surface area contributed by atoms with E-state index in [2.05, 4.69) is 25.2 Å². The van der Waals surface area contributed by atoms with E-state index in [-0.39, 0.29) is 12.0 Å². The maximum Gasteiger partial charge on any atom is 0.317 e. The van der Waals surface area contributed by atoms with Gasteiger partial charge in [0.15, 0.2) is 10.6 Å². The van der Waals surface area contributed by atoms with Crippen molar-refractivity contribution in [1.29, 1.82) is 0 Å². The number of aromatic nitrogens is 3. The number of benzene rings is 1. The molecule has 9 nitrogen and oxygen atoms in total. The SMILES string of the molecule is COc1ccc(CNC(=O)N2CCN(c3nc(N)nc4scnc34)CC2)cc1. The lowest BCUT2D eigenvalue weighted by molar-refractivity contribution is 0.194. The van der Waals surface area contributed by atoms with Gasteiger partial charge in [-0.15, -0.1) is 11.3 Å². The molecule has 3 heterocycles. The summed E-state index contributed by atoms with van der Waals surface area (Å²) in [5, 5.41) is 2.97. The van der Waals surface area contributed by atoms with Crippen LogP contribution < -0.4 is 20.7 Å². The number of hydrogen-bond acceptors (Lipinski definition) is 8. The molecule has 2 amide bonds. The number of nitrogens with two attached hydrogens (primary N) is 1. The highest BCUT2D eigenvalue weighted by atomic mass is 32.1. The van der Waals surface area contributed by atoms with E-state index in [1.54, 1.807) is 12.6 Å². The Labute approximate surface area is 166 Å². The number of nitrogens with one attached hydrogen (secondary N) is 1. The second-order valence-corrected chi connectivity index (χ2v) is 7.23. The lowest BCUT2D eigenvalue weighted by atomic mass is 10.2. The minimum absolute atomic E-state index is 0.0727. The molecule has 0 unspecified atom stereocenters. The van der Waals surface area contributed by atoms with Gasteiger partial charge in [0, 0.05) is 32.7 Å². The van der Waals surface area contributed by atoms with E-state index in [0.29, 0.717) is 32.7 Å². The van der Waals surface area contributed by atoms with Crippen LogP contribution in [0, 0.1) is 0 Å². The number of carbonyl (C=O) groups excluding carboxylic acids is 1. The molecular weight excluding hydrogens is 378 g/mol. The molecule has 146 valence electrons. The molecule has 1 aliphatic rings. The Hall–Kier alpha value is -3.14. The Bertz CT molecular complexity index is 968. The second-order valence-electron chi connectivity index (χ2n) is 6.39. The van der Waals surface area contributed by atoms with Crippen LogP contribution in [-0.2, 0) is 6.54 Å².